The molecule has 0 aliphatic rings. The predicted octanol–water partition coefficient (Wildman–Crippen LogP) is 1.46. The number of hydrogen-bond acceptors (Lipinski definition) is 4. The van der Waals surface area contributed by atoms with E-state index in [9.17, 15) is 9.90 Å². The SMILES string of the molecule is CCC(O)(CC)CSC(C)(C)[C@@H](N)C(=O)O. The van der Waals surface area contributed by atoms with Gasteiger partial charge in [0.1, 0.15) is 6.04 Å². The highest BCUT2D eigenvalue weighted by Crippen LogP contribution is 2.32. The average Bonchev–Trinajstić information content (AvgIpc) is 2.24. The van der Waals surface area contributed by atoms with Crippen LogP contribution < -0.4 is 5.73 Å². The third-order valence-corrected chi connectivity index (χ3v) is 4.72. The van der Waals surface area contributed by atoms with Crippen molar-refractivity contribution in [3.63, 3.8) is 0 Å². The minimum absolute atomic E-state index is 0.508. The molecule has 0 aliphatic heterocycles. The molecule has 0 amide bonds. The third kappa shape index (κ3) is 4.31. The van der Waals surface area contributed by atoms with Gasteiger partial charge in [0.2, 0.25) is 0 Å². The molecule has 5 heteroatoms. The molecule has 0 fully saturated rings. The monoisotopic (exact) mass is 249 g/mol. The maximum atomic E-state index is 10.8. The molecule has 0 rings (SSSR count). The Bertz CT molecular complexity index is 239. The van der Waals surface area contributed by atoms with Crippen LogP contribution in [-0.2, 0) is 4.79 Å². The first-order valence-corrected chi connectivity index (χ1v) is 6.52. The van der Waals surface area contributed by atoms with Crippen molar-refractivity contribution in [1.29, 1.82) is 0 Å². The van der Waals surface area contributed by atoms with Crippen LogP contribution in [-0.4, -0.2) is 38.3 Å². The van der Waals surface area contributed by atoms with Crippen LogP contribution >= 0.6 is 11.8 Å². The Morgan fingerprint density at radius 2 is 1.81 bits per heavy atom. The van der Waals surface area contributed by atoms with Crippen molar-refractivity contribution in [1.82, 2.24) is 0 Å². The molecule has 0 unspecified atom stereocenters. The number of carbonyl (C=O) groups is 1. The van der Waals surface area contributed by atoms with Crippen LogP contribution in [0.2, 0.25) is 0 Å². The molecule has 4 nitrogen and oxygen atoms in total. The Morgan fingerprint density at radius 3 is 2.12 bits per heavy atom. The van der Waals surface area contributed by atoms with Crippen LogP contribution in [0.25, 0.3) is 0 Å². The highest BCUT2D eigenvalue weighted by atomic mass is 32.2. The summed E-state index contributed by atoms with van der Waals surface area (Å²) < 4.78 is -0.579. The van der Waals surface area contributed by atoms with Gasteiger partial charge in [-0.15, -0.1) is 0 Å². The van der Waals surface area contributed by atoms with E-state index in [0.29, 0.717) is 18.6 Å². The van der Waals surface area contributed by atoms with Gasteiger partial charge in [-0.05, 0) is 26.7 Å². The Morgan fingerprint density at radius 1 is 1.38 bits per heavy atom. The van der Waals surface area contributed by atoms with Gasteiger partial charge in [0.15, 0.2) is 0 Å². The van der Waals surface area contributed by atoms with Gasteiger partial charge in [-0.2, -0.15) is 11.8 Å². The largest absolute Gasteiger partial charge is 0.480 e. The third-order valence-electron chi connectivity index (χ3n) is 3.04. The summed E-state index contributed by atoms with van der Waals surface area (Å²) in [6, 6.07) is -0.921. The van der Waals surface area contributed by atoms with Crippen molar-refractivity contribution < 1.29 is 15.0 Å². The van der Waals surface area contributed by atoms with Gasteiger partial charge in [0, 0.05) is 10.5 Å². The lowest BCUT2D eigenvalue weighted by molar-refractivity contribution is -0.139. The number of carboxylic acid groups (broad SMARTS) is 1. The molecule has 1 atom stereocenters. The van der Waals surface area contributed by atoms with Gasteiger partial charge in [-0.1, -0.05) is 13.8 Å². The van der Waals surface area contributed by atoms with E-state index in [1.807, 2.05) is 13.8 Å². The van der Waals surface area contributed by atoms with Crippen LogP contribution in [0.5, 0.6) is 0 Å². The average molecular weight is 249 g/mol. The van der Waals surface area contributed by atoms with Gasteiger partial charge in [0.25, 0.3) is 0 Å². The fraction of sp³-hybridized carbons (Fsp3) is 0.909. The van der Waals surface area contributed by atoms with Crippen molar-refractivity contribution >= 4 is 17.7 Å². The quantitative estimate of drug-likeness (QED) is 0.636. The molecule has 0 heterocycles. The molecule has 0 aromatic rings. The number of rotatable bonds is 7. The highest BCUT2D eigenvalue weighted by molar-refractivity contribution is 8.00. The fourth-order valence-electron chi connectivity index (χ4n) is 1.16. The smallest absolute Gasteiger partial charge is 0.321 e. The van der Waals surface area contributed by atoms with E-state index in [0.717, 1.165) is 0 Å². The van der Waals surface area contributed by atoms with Gasteiger partial charge in [0.05, 0.1) is 5.60 Å². The zero-order chi connectivity index (χ0) is 13.0. The standard InChI is InChI=1S/C11H23NO3S/c1-5-11(15,6-2)7-16-10(3,4)8(12)9(13)14/h8,15H,5-7,12H2,1-4H3,(H,13,14)/t8-/m0/s1. The summed E-state index contributed by atoms with van der Waals surface area (Å²) in [4.78, 5) is 10.8. The summed E-state index contributed by atoms with van der Waals surface area (Å²) in [6.45, 7) is 7.44. The van der Waals surface area contributed by atoms with Gasteiger partial charge < -0.3 is 15.9 Å². The molecule has 0 aromatic carbocycles. The summed E-state index contributed by atoms with van der Waals surface area (Å²) in [5.41, 5.74) is 4.88. The number of hydrogen-bond donors (Lipinski definition) is 3. The summed E-state index contributed by atoms with van der Waals surface area (Å²) in [7, 11) is 0. The van der Waals surface area contributed by atoms with Gasteiger partial charge in [-0.3, -0.25) is 4.79 Å². The van der Waals surface area contributed by atoms with E-state index in [1.165, 1.54) is 11.8 Å². The molecule has 16 heavy (non-hydrogen) atoms. The van der Waals surface area contributed by atoms with E-state index in [-0.39, 0.29) is 0 Å². The first kappa shape index (κ1) is 15.7. The number of aliphatic carboxylic acids is 1. The molecule has 0 saturated carbocycles. The molecular formula is C11H23NO3S. The number of carboxylic acids is 1. The fourth-order valence-corrected chi connectivity index (χ4v) is 2.49. The Hall–Kier alpha value is -0.260. The molecule has 4 N–H and O–H groups in total. The molecule has 0 aliphatic carbocycles. The topological polar surface area (TPSA) is 83.5 Å². The summed E-state index contributed by atoms with van der Waals surface area (Å²) in [5, 5.41) is 19.0. The van der Waals surface area contributed by atoms with Gasteiger partial charge >= 0.3 is 5.97 Å². The maximum absolute atomic E-state index is 10.8. The van der Waals surface area contributed by atoms with Crippen LogP contribution in [0.4, 0.5) is 0 Å². The van der Waals surface area contributed by atoms with Crippen LogP contribution in [0.3, 0.4) is 0 Å². The molecule has 0 radical (unpaired) electrons. The predicted molar refractivity (Wildman–Crippen MR) is 67.7 cm³/mol. The van der Waals surface area contributed by atoms with Crippen molar-refractivity contribution in [2.75, 3.05) is 5.75 Å². The molecule has 0 saturated heterocycles. The van der Waals surface area contributed by atoms with Gasteiger partial charge in [-0.25, -0.2) is 0 Å². The lowest BCUT2D eigenvalue weighted by Crippen LogP contribution is -2.48. The lowest BCUT2D eigenvalue weighted by Gasteiger charge is -2.33. The minimum atomic E-state index is -1.01. The first-order valence-electron chi connectivity index (χ1n) is 5.53. The number of nitrogens with two attached hydrogens (primary N) is 1. The van der Waals surface area contributed by atoms with Crippen molar-refractivity contribution in [2.45, 2.75) is 56.9 Å². The number of aliphatic hydroxyl groups is 1. The van der Waals surface area contributed by atoms with Crippen LogP contribution in [0, 0.1) is 0 Å². The summed E-state index contributed by atoms with van der Waals surface area (Å²) in [6.07, 6.45) is 1.32. The van der Waals surface area contributed by atoms with Crippen LogP contribution in [0.1, 0.15) is 40.5 Å². The normalized spacial score (nSPS) is 14.9. The number of thioether (sulfide) groups is 1. The zero-order valence-corrected chi connectivity index (χ0v) is 11.3. The highest BCUT2D eigenvalue weighted by Gasteiger charge is 2.35. The van der Waals surface area contributed by atoms with E-state index in [2.05, 4.69) is 0 Å². The van der Waals surface area contributed by atoms with Crippen molar-refractivity contribution in [3.8, 4) is 0 Å². The van der Waals surface area contributed by atoms with Crippen molar-refractivity contribution in [3.05, 3.63) is 0 Å². The Kier molecular flexibility index (Phi) is 5.79. The molecule has 0 bridgehead atoms. The Labute approximate surface area is 102 Å². The second-order valence-electron chi connectivity index (χ2n) is 4.64. The zero-order valence-electron chi connectivity index (χ0n) is 10.5. The molecule has 0 aromatic heterocycles. The molecule has 0 spiro atoms. The maximum Gasteiger partial charge on any atom is 0.321 e. The summed E-state index contributed by atoms with van der Waals surface area (Å²) >= 11 is 1.42. The van der Waals surface area contributed by atoms with E-state index in [4.69, 9.17) is 10.8 Å². The lowest BCUT2D eigenvalue weighted by atomic mass is 10.0. The molecule has 96 valence electrons. The van der Waals surface area contributed by atoms with E-state index < -0.39 is 22.4 Å². The second kappa shape index (κ2) is 5.89. The second-order valence-corrected chi connectivity index (χ2v) is 6.27. The van der Waals surface area contributed by atoms with Crippen LogP contribution in [0.15, 0.2) is 0 Å². The van der Waals surface area contributed by atoms with Crippen molar-refractivity contribution in [2.24, 2.45) is 5.73 Å². The van der Waals surface area contributed by atoms with E-state index in [1.54, 1.807) is 13.8 Å². The Balaban J connectivity index is 4.44. The summed E-state index contributed by atoms with van der Waals surface area (Å²) in [5.74, 6) is -0.498. The molecular weight excluding hydrogens is 226 g/mol. The van der Waals surface area contributed by atoms with E-state index >= 15 is 0 Å². The first-order chi connectivity index (χ1) is 7.18. The minimum Gasteiger partial charge on any atom is -0.480 e.